The highest BCUT2D eigenvalue weighted by Crippen LogP contribution is 2.44. The number of carbonyl (C=O) groups is 3. The van der Waals surface area contributed by atoms with Crippen molar-refractivity contribution in [2.24, 2.45) is 5.92 Å². The Bertz CT molecular complexity index is 1090. The van der Waals surface area contributed by atoms with Gasteiger partial charge in [0.05, 0.1) is 0 Å². The monoisotopic (exact) mass is 476 g/mol. The summed E-state index contributed by atoms with van der Waals surface area (Å²) in [5, 5.41) is 11.6. The fourth-order valence-corrected chi connectivity index (χ4v) is 4.84. The van der Waals surface area contributed by atoms with Crippen molar-refractivity contribution in [2.45, 2.75) is 45.1 Å². The van der Waals surface area contributed by atoms with E-state index in [0.29, 0.717) is 25.9 Å². The van der Waals surface area contributed by atoms with Gasteiger partial charge in [-0.05, 0) is 54.9 Å². The molecule has 2 aromatic rings. The number of carboxylic acids is 1. The van der Waals surface area contributed by atoms with E-state index < -0.39 is 18.1 Å². The van der Waals surface area contributed by atoms with Gasteiger partial charge in [0.15, 0.2) is 0 Å². The van der Waals surface area contributed by atoms with E-state index >= 15 is 0 Å². The predicted octanol–water partition coefficient (Wildman–Crippen LogP) is 4.57. The summed E-state index contributed by atoms with van der Waals surface area (Å²) in [7, 11) is 0. The van der Waals surface area contributed by atoms with E-state index in [1.54, 1.807) is 4.90 Å². The largest absolute Gasteiger partial charge is 0.481 e. The summed E-state index contributed by atoms with van der Waals surface area (Å²) >= 11 is 0. The number of hydrogen-bond donors (Lipinski definition) is 2. The standard InChI is InChI=1S/C28H32N2O5/c1-18(2)11-13-25(27(33)30-15-19(16-30)12-14-26(31)32)29-28(34)35-17-24-22-9-5-3-7-20(22)21-8-4-6-10-23(21)24/h3-11,19,24-25H,12-17H2,1-2H3,(H,29,34)(H,31,32). The Hall–Kier alpha value is -3.61. The third kappa shape index (κ3) is 5.73. The van der Waals surface area contributed by atoms with Gasteiger partial charge in [0.2, 0.25) is 5.91 Å². The van der Waals surface area contributed by atoms with E-state index in [1.807, 2.05) is 44.2 Å². The molecule has 1 heterocycles. The summed E-state index contributed by atoms with van der Waals surface area (Å²) in [6.45, 7) is 5.11. The molecule has 0 aromatic heterocycles. The summed E-state index contributed by atoms with van der Waals surface area (Å²) in [6.07, 6.45) is 2.34. The van der Waals surface area contributed by atoms with E-state index in [1.165, 1.54) is 0 Å². The molecule has 2 aliphatic rings. The van der Waals surface area contributed by atoms with Gasteiger partial charge in [-0.25, -0.2) is 4.79 Å². The molecule has 1 saturated heterocycles. The van der Waals surface area contributed by atoms with Crippen molar-refractivity contribution in [3.63, 3.8) is 0 Å². The number of nitrogens with one attached hydrogen (secondary N) is 1. The second-order valence-electron chi connectivity index (χ2n) is 9.58. The molecule has 184 valence electrons. The van der Waals surface area contributed by atoms with Gasteiger partial charge >= 0.3 is 12.1 Å². The van der Waals surface area contributed by atoms with Crippen LogP contribution in [0.4, 0.5) is 4.79 Å². The number of amides is 2. The van der Waals surface area contributed by atoms with E-state index in [2.05, 4.69) is 29.6 Å². The summed E-state index contributed by atoms with van der Waals surface area (Å²) in [4.78, 5) is 38.3. The van der Waals surface area contributed by atoms with Crippen LogP contribution in [0.25, 0.3) is 11.1 Å². The minimum Gasteiger partial charge on any atom is -0.481 e. The zero-order valence-corrected chi connectivity index (χ0v) is 20.2. The number of likely N-dealkylation sites (tertiary alicyclic amines) is 1. The topological polar surface area (TPSA) is 95.9 Å². The lowest BCUT2D eigenvalue weighted by atomic mass is 9.93. The molecular formula is C28H32N2O5. The molecule has 4 rings (SSSR count). The highest BCUT2D eigenvalue weighted by molar-refractivity contribution is 5.86. The van der Waals surface area contributed by atoms with Crippen molar-refractivity contribution in [1.29, 1.82) is 0 Å². The van der Waals surface area contributed by atoms with Gasteiger partial charge in [0.1, 0.15) is 12.6 Å². The summed E-state index contributed by atoms with van der Waals surface area (Å²) < 4.78 is 5.64. The number of allylic oxidation sites excluding steroid dienone is 1. The number of carboxylic acid groups (broad SMARTS) is 1. The Morgan fingerprint density at radius 2 is 1.66 bits per heavy atom. The third-order valence-electron chi connectivity index (χ3n) is 6.73. The molecule has 7 nitrogen and oxygen atoms in total. The van der Waals surface area contributed by atoms with Crippen LogP contribution < -0.4 is 5.32 Å². The van der Waals surface area contributed by atoms with Gasteiger partial charge in [0, 0.05) is 25.4 Å². The minimum atomic E-state index is -0.826. The fourth-order valence-electron chi connectivity index (χ4n) is 4.84. The number of fused-ring (bicyclic) bond motifs is 3. The van der Waals surface area contributed by atoms with Crippen molar-refractivity contribution < 1.29 is 24.2 Å². The van der Waals surface area contributed by atoms with E-state index in [-0.39, 0.29) is 30.8 Å². The third-order valence-corrected chi connectivity index (χ3v) is 6.73. The van der Waals surface area contributed by atoms with Crippen molar-refractivity contribution in [2.75, 3.05) is 19.7 Å². The molecule has 1 aliphatic heterocycles. The predicted molar refractivity (Wildman–Crippen MR) is 133 cm³/mol. The van der Waals surface area contributed by atoms with Gasteiger partial charge in [-0.2, -0.15) is 0 Å². The number of hydrogen-bond acceptors (Lipinski definition) is 4. The number of alkyl carbamates (subject to hydrolysis) is 1. The quantitative estimate of drug-likeness (QED) is 0.517. The zero-order valence-electron chi connectivity index (χ0n) is 20.2. The highest BCUT2D eigenvalue weighted by atomic mass is 16.5. The maximum atomic E-state index is 13.1. The number of ether oxygens (including phenoxy) is 1. The van der Waals surface area contributed by atoms with Gasteiger partial charge in [-0.1, -0.05) is 60.2 Å². The Morgan fingerprint density at radius 1 is 1.06 bits per heavy atom. The van der Waals surface area contributed by atoms with Crippen LogP contribution >= 0.6 is 0 Å². The zero-order chi connectivity index (χ0) is 24.9. The van der Waals surface area contributed by atoms with Gasteiger partial charge in [0.25, 0.3) is 0 Å². The van der Waals surface area contributed by atoms with Gasteiger partial charge < -0.3 is 20.1 Å². The number of carbonyl (C=O) groups excluding carboxylic acids is 2. The number of nitrogens with zero attached hydrogens (tertiary/aromatic N) is 1. The van der Waals surface area contributed by atoms with Crippen LogP contribution in [0.2, 0.25) is 0 Å². The van der Waals surface area contributed by atoms with Crippen LogP contribution in [-0.4, -0.2) is 53.7 Å². The van der Waals surface area contributed by atoms with Crippen LogP contribution in [-0.2, 0) is 14.3 Å². The first-order chi connectivity index (χ1) is 16.8. The number of rotatable bonds is 9. The van der Waals surface area contributed by atoms with Crippen LogP contribution in [0.1, 0.15) is 50.2 Å². The van der Waals surface area contributed by atoms with E-state index in [9.17, 15) is 14.4 Å². The first kappa shape index (κ1) is 24.5. The lowest BCUT2D eigenvalue weighted by Crippen LogP contribution is -2.57. The highest BCUT2D eigenvalue weighted by Gasteiger charge is 2.35. The summed E-state index contributed by atoms with van der Waals surface area (Å²) in [6, 6.07) is 15.6. The smallest absolute Gasteiger partial charge is 0.407 e. The Labute approximate surface area is 205 Å². The molecule has 1 aliphatic carbocycles. The van der Waals surface area contributed by atoms with Crippen molar-refractivity contribution in [3.05, 3.63) is 71.3 Å². The molecule has 35 heavy (non-hydrogen) atoms. The molecule has 1 fully saturated rings. The average molecular weight is 477 g/mol. The summed E-state index contributed by atoms with van der Waals surface area (Å²) in [5.74, 6) is -0.852. The van der Waals surface area contributed by atoms with Gasteiger partial charge in [-0.3, -0.25) is 9.59 Å². The lowest BCUT2D eigenvalue weighted by molar-refractivity contribution is -0.141. The van der Waals surface area contributed by atoms with Crippen LogP contribution in [0.3, 0.4) is 0 Å². The minimum absolute atomic E-state index is 0.0505. The van der Waals surface area contributed by atoms with Crippen molar-refractivity contribution >= 4 is 18.0 Å². The van der Waals surface area contributed by atoms with Crippen LogP contribution in [0, 0.1) is 5.92 Å². The molecule has 1 atom stereocenters. The first-order valence-corrected chi connectivity index (χ1v) is 12.1. The first-order valence-electron chi connectivity index (χ1n) is 12.1. The van der Waals surface area contributed by atoms with E-state index in [4.69, 9.17) is 9.84 Å². The Balaban J connectivity index is 1.37. The second kappa shape index (κ2) is 10.8. The van der Waals surface area contributed by atoms with Crippen LogP contribution in [0.5, 0.6) is 0 Å². The molecule has 1 unspecified atom stereocenters. The average Bonchev–Trinajstić information content (AvgIpc) is 3.12. The summed E-state index contributed by atoms with van der Waals surface area (Å²) in [5.41, 5.74) is 5.63. The molecule has 0 saturated carbocycles. The Morgan fingerprint density at radius 3 is 2.23 bits per heavy atom. The molecule has 2 N–H and O–H groups in total. The molecule has 7 heteroatoms. The molecule has 2 amide bonds. The molecule has 2 aromatic carbocycles. The van der Waals surface area contributed by atoms with Crippen molar-refractivity contribution in [3.8, 4) is 11.1 Å². The number of benzene rings is 2. The maximum absolute atomic E-state index is 13.1. The molecule has 0 bridgehead atoms. The fraction of sp³-hybridized carbons (Fsp3) is 0.393. The molecule has 0 spiro atoms. The Kier molecular flexibility index (Phi) is 7.54. The maximum Gasteiger partial charge on any atom is 0.407 e. The van der Waals surface area contributed by atoms with Crippen LogP contribution in [0.15, 0.2) is 60.2 Å². The van der Waals surface area contributed by atoms with Gasteiger partial charge in [-0.15, -0.1) is 0 Å². The molecular weight excluding hydrogens is 444 g/mol. The normalized spacial score (nSPS) is 15.4. The lowest BCUT2D eigenvalue weighted by Gasteiger charge is -2.41. The second-order valence-corrected chi connectivity index (χ2v) is 9.58. The van der Waals surface area contributed by atoms with E-state index in [0.717, 1.165) is 27.8 Å². The molecule has 0 radical (unpaired) electrons. The SMILES string of the molecule is CC(C)=CCC(NC(=O)OCC1c2ccccc2-c2ccccc21)C(=O)N1CC(CCC(=O)O)C1. The van der Waals surface area contributed by atoms with Crippen molar-refractivity contribution in [1.82, 2.24) is 10.2 Å². The number of aliphatic carboxylic acids is 1.